The molecule has 0 saturated carbocycles. The summed E-state index contributed by atoms with van der Waals surface area (Å²) in [6.45, 7) is 0. The van der Waals surface area contributed by atoms with E-state index in [-0.39, 0.29) is 25.0 Å². The van der Waals surface area contributed by atoms with Crippen molar-refractivity contribution in [3.8, 4) is 0 Å². The van der Waals surface area contributed by atoms with E-state index in [1.54, 1.807) is 30.1 Å². The smallest absolute Gasteiger partial charge is 0.330 e. The average molecular weight is 453 g/mol. The molecular weight excluding hydrogens is 432 g/mol. The summed E-state index contributed by atoms with van der Waals surface area (Å²) in [6, 6.07) is 7.28. The van der Waals surface area contributed by atoms with Crippen molar-refractivity contribution in [2.24, 2.45) is 0 Å². The second kappa shape index (κ2) is 9.54. The molecule has 2 aromatic rings. The molecule has 1 aliphatic heterocycles. The first-order valence-electron chi connectivity index (χ1n) is 9.18. The van der Waals surface area contributed by atoms with Crippen molar-refractivity contribution >= 4 is 50.6 Å². The lowest BCUT2D eigenvalue weighted by Crippen LogP contribution is -2.32. The molecule has 0 atom stereocenters. The number of carbonyl (C=O) groups is 3. The zero-order valence-corrected chi connectivity index (χ0v) is 17.6. The second-order valence-corrected chi connectivity index (χ2v) is 9.46. The predicted molar refractivity (Wildman–Crippen MR) is 110 cm³/mol. The van der Waals surface area contributed by atoms with Crippen molar-refractivity contribution in [1.29, 1.82) is 0 Å². The van der Waals surface area contributed by atoms with Crippen LogP contribution in [0.2, 0.25) is 0 Å². The van der Waals surface area contributed by atoms with Crippen LogP contribution in [-0.2, 0) is 41.5 Å². The third kappa shape index (κ3) is 6.25. The summed E-state index contributed by atoms with van der Waals surface area (Å²) < 4.78 is 30.1. The van der Waals surface area contributed by atoms with Crippen LogP contribution < -0.4 is 0 Å². The molecule has 3 rings (SSSR count). The normalized spacial score (nSPS) is 14.5. The molecule has 11 heteroatoms. The van der Waals surface area contributed by atoms with Gasteiger partial charge in [0.1, 0.15) is 0 Å². The van der Waals surface area contributed by atoms with E-state index in [1.807, 2.05) is 12.1 Å². The van der Waals surface area contributed by atoms with Crippen molar-refractivity contribution in [3.63, 3.8) is 0 Å². The fourth-order valence-corrected chi connectivity index (χ4v) is 4.47. The fraction of sp³-hybridized carbons (Fsp3) is 0.368. The minimum atomic E-state index is -3.92. The number of hydrogen-bond acceptors (Lipinski definition) is 8. The number of hydroxylamine groups is 2. The number of fused-ring (bicyclic) bond motifs is 1. The lowest BCUT2D eigenvalue weighted by Gasteiger charge is -2.12. The molecule has 1 aromatic carbocycles. The van der Waals surface area contributed by atoms with Gasteiger partial charge in [0.15, 0.2) is 0 Å². The summed E-state index contributed by atoms with van der Waals surface area (Å²) in [5.74, 6) is -0.729. The monoisotopic (exact) mass is 452 g/mol. The number of imide groups is 1. The Hall–Kier alpha value is -2.50. The van der Waals surface area contributed by atoms with Gasteiger partial charge in [0.25, 0.3) is 21.9 Å². The molecule has 1 aliphatic rings. The van der Waals surface area contributed by atoms with Crippen LogP contribution in [0.5, 0.6) is 0 Å². The Morgan fingerprint density at radius 1 is 1.17 bits per heavy atom. The quantitative estimate of drug-likeness (QED) is 0.344. The molecule has 30 heavy (non-hydrogen) atoms. The first-order valence-corrected chi connectivity index (χ1v) is 11.9. The number of nitrogens with zero attached hydrogens (tertiary/aromatic N) is 2. The van der Waals surface area contributed by atoms with E-state index in [4.69, 9.17) is 9.39 Å². The zero-order chi connectivity index (χ0) is 21.7. The summed E-state index contributed by atoms with van der Waals surface area (Å²) in [5, 5.41) is 1.41. The maximum atomic E-state index is 12.0. The maximum absolute atomic E-state index is 12.0. The van der Waals surface area contributed by atoms with Crippen molar-refractivity contribution in [2.75, 3.05) is 11.5 Å². The third-order valence-corrected chi connectivity index (χ3v) is 6.23. The van der Waals surface area contributed by atoms with Crippen LogP contribution in [-0.4, -0.2) is 52.3 Å². The van der Waals surface area contributed by atoms with Gasteiger partial charge in [-0.3, -0.25) is 19.1 Å². The Labute approximate surface area is 177 Å². The molecule has 1 fully saturated rings. The number of benzene rings is 1. The first-order chi connectivity index (χ1) is 14.2. The number of thioether (sulfide) groups is 1. The minimum Gasteiger partial charge on any atom is -0.330 e. The first kappa shape index (κ1) is 22.2. The molecule has 2 amide bonds. The molecule has 160 valence electrons. The Morgan fingerprint density at radius 3 is 2.60 bits per heavy atom. The van der Waals surface area contributed by atoms with E-state index in [0.717, 1.165) is 10.9 Å². The highest BCUT2D eigenvalue weighted by atomic mass is 32.2. The Kier molecular flexibility index (Phi) is 7.06. The van der Waals surface area contributed by atoms with Gasteiger partial charge in [-0.25, -0.2) is 4.79 Å². The van der Waals surface area contributed by atoms with Gasteiger partial charge < -0.3 is 4.84 Å². The molecule has 1 N–H and O–H groups in total. The zero-order valence-electron chi connectivity index (χ0n) is 15.9. The van der Waals surface area contributed by atoms with Gasteiger partial charge in [-0.15, -0.1) is 5.06 Å². The molecule has 0 bridgehead atoms. The van der Waals surface area contributed by atoms with Crippen LogP contribution in [0.1, 0.15) is 30.4 Å². The van der Waals surface area contributed by atoms with Crippen LogP contribution in [0.4, 0.5) is 0 Å². The van der Waals surface area contributed by atoms with Crippen molar-refractivity contribution in [3.05, 3.63) is 41.6 Å². The molecule has 0 spiro atoms. The molecule has 0 unspecified atom stereocenters. The van der Waals surface area contributed by atoms with Crippen molar-refractivity contribution < 1.29 is 32.2 Å². The maximum Gasteiger partial charge on any atom is 0.337 e. The van der Waals surface area contributed by atoms with Gasteiger partial charge in [-0.05, 0) is 35.4 Å². The minimum absolute atomic E-state index is 0.0488. The molecule has 1 saturated heterocycles. The molecule has 2 heterocycles. The highest BCUT2D eigenvalue weighted by Gasteiger charge is 2.32. The van der Waals surface area contributed by atoms with Gasteiger partial charge in [0.2, 0.25) is 0 Å². The Balaban J connectivity index is 1.55. The van der Waals surface area contributed by atoms with Gasteiger partial charge >= 0.3 is 5.97 Å². The van der Waals surface area contributed by atoms with E-state index < -0.39 is 27.9 Å². The van der Waals surface area contributed by atoms with Gasteiger partial charge in [0, 0.05) is 30.2 Å². The number of carbonyl (C=O) groups excluding carboxylic acids is 3. The summed E-state index contributed by atoms with van der Waals surface area (Å²) >= 11 is 1.55. The molecule has 1 aromatic heterocycles. The number of amides is 2. The van der Waals surface area contributed by atoms with Gasteiger partial charge in [-0.1, -0.05) is 12.1 Å². The van der Waals surface area contributed by atoms with Gasteiger partial charge in [0.05, 0.1) is 17.7 Å². The van der Waals surface area contributed by atoms with E-state index in [9.17, 15) is 22.8 Å². The standard InChI is InChI=1S/C19H20N2O7S2/c22-17-4-5-18(23)21(17)28-19(24)10-13-2-3-15-8-14(11-20-16(15)9-13)12-29-6-1-7-30(25,26)27/h2-3,8-9,11H,1,4-7,10,12H2,(H,25,26,27). The van der Waals surface area contributed by atoms with Crippen LogP contribution in [0.3, 0.4) is 0 Å². The summed E-state index contributed by atoms with van der Waals surface area (Å²) in [6.07, 6.45) is 2.08. The van der Waals surface area contributed by atoms with E-state index >= 15 is 0 Å². The largest absolute Gasteiger partial charge is 0.337 e. The SMILES string of the molecule is O=C(Cc1ccc2cc(CSCCCS(=O)(=O)O)cnc2c1)ON1C(=O)CCC1=O. The topological polar surface area (TPSA) is 131 Å². The van der Waals surface area contributed by atoms with Crippen LogP contribution in [0.15, 0.2) is 30.5 Å². The van der Waals surface area contributed by atoms with E-state index in [0.29, 0.717) is 34.1 Å². The predicted octanol–water partition coefficient (Wildman–Crippen LogP) is 1.90. The van der Waals surface area contributed by atoms with E-state index in [1.165, 1.54) is 0 Å². The lowest BCUT2D eigenvalue weighted by atomic mass is 10.1. The van der Waals surface area contributed by atoms with Crippen LogP contribution >= 0.6 is 11.8 Å². The highest BCUT2D eigenvalue weighted by Crippen LogP contribution is 2.20. The van der Waals surface area contributed by atoms with Crippen LogP contribution in [0.25, 0.3) is 10.9 Å². The number of aromatic nitrogens is 1. The molecule has 9 nitrogen and oxygen atoms in total. The number of rotatable bonds is 9. The highest BCUT2D eigenvalue weighted by molar-refractivity contribution is 7.98. The average Bonchev–Trinajstić information content (AvgIpc) is 2.99. The lowest BCUT2D eigenvalue weighted by molar-refractivity contribution is -0.197. The second-order valence-electron chi connectivity index (χ2n) is 6.78. The van der Waals surface area contributed by atoms with Crippen LogP contribution in [0, 0.1) is 0 Å². The number of hydrogen-bond donors (Lipinski definition) is 1. The Bertz CT molecular complexity index is 1070. The molecule has 0 aliphatic carbocycles. The Morgan fingerprint density at radius 2 is 1.90 bits per heavy atom. The van der Waals surface area contributed by atoms with Crippen molar-refractivity contribution in [1.82, 2.24) is 10.0 Å². The van der Waals surface area contributed by atoms with Crippen molar-refractivity contribution in [2.45, 2.75) is 31.4 Å². The fourth-order valence-electron chi connectivity index (χ4n) is 2.89. The number of pyridine rings is 1. The van der Waals surface area contributed by atoms with Gasteiger partial charge in [-0.2, -0.15) is 20.2 Å². The summed E-state index contributed by atoms with van der Waals surface area (Å²) in [5.41, 5.74) is 2.30. The van der Waals surface area contributed by atoms with E-state index in [2.05, 4.69) is 4.98 Å². The molecule has 0 radical (unpaired) electrons. The molecular formula is C19H20N2O7S2. The third-order valence-electron chi connectivity index (χ3n) is 4.31. The summed E-state index contributed by atoms with van der Waals surface area (Å²) in [4.78, 5) is 44.3. The summed E-state index contributed by atoms with van der Waals surface area (Å²) in [7, 11) is -3.92.